The lowest BCUT2D eigenvalue weighted by Gasteiger charge is -2.14. The summed E-state index contributed by atoms with van der Waals surface area (Å²) in [6.45, 7) is 0.270. The largest absolute Gasteiger partial charge is 0.473 e. The van der Waals surface area contributed by atoms with E-state index in [1.807, 2.05) is 0 Å². The molecule has 2 heterocycles. The maximum absolute atomic E-state index is 12.3. The molecular formula is C10H12F3N3O3S. The number of nitrogens with two attached hydrogens (primary N) is 1. The SMILES string of the molecule is NS(=O)(=O)N1CC[C@H](Oc2ccc(C(F)(F)F)cn2)C1. The van der Waals surface area contributed by atoms with Gasteiger partial charge in [0.2, 0.25) is 5.88 Å². The molecule has 20 heavy (non-hydrogen) atoms. The van der Waals surface area contributed by atoms with Gasteiger partial charge in [-0.25, -0.2) is 10.1 Å². The second kappa shape index (κ2) is 5.19. The molecule has 1 aromatic rings. The molecule has 1 aromatic heterocycles. The van der Waals surface area contributed by atoms with Gasteiger partial charge in [-0.05, 0) is 12.5 Å². The normalized spacial score (nSPS) is 21.1. The summed E-state index contributed by atoms with van der Waals surface area (Å²) >= 11 is 0. The third-order valence-corrected chi connectivity index (χ3v) is 3.87. The van der Waals surface area contributed by atoms with E-state index in [-0.39, 0.29) is 19.0 Å². The second-order valence-corrected chi connectivity index (χ2v) is 5.86. The Morgan fingerprint density at radius 3 is 2.55 bits per heavy atom. The van der Waals surface area contributed by atoms with Crippen LogP contribution in [0.2, 0.25) is 0 Å². The Bertz CT molecular complexity index is 574. The molecule has 1 saturated heterocycles. The van der Waals surface area contributed by atoms with Crippen LogP contribution in [0.4, 0.5) is 13.2 Å². The van der Waals surface area contributed by atoms with E-state index in [0.29, 0.717) is 12.6 Å². The van der Waals surface area contributed by atoms with Crippen LogP contribution in [0.15, 0.2) is 18.3 Å². The predicted octanol–water partition coefficient (Wildman–Crippen LogP) is 0.757. The summed E-state index contributed by atoms with van der Waals surface area (Å²) in [6, 6.07) is 1.96. The van der Waals surface area contributed by atoms with Crippen molar-refractivity contribution in [2.24, 2.45) is 5.14 Å². The number of aromatic nitrogens is 1. The number of alkyl halides is 3. The molecule has 2 N–H and O–H groups in total. The third-order valence-electron chi connectivity index (χ3n) is 2.82. The Labute approximate surface area is 113 Å². The molecule has 0 aliphatic carbocycles. The molecule has 0 saturated carbocycles. The highest BCUT2D eigenvalue weighted by Crippen LogP contribution is 2.29. The van der Waals surface area contributed by atoms with Crippen LogP contribution in [0, 0.1) is 0 Å². The average molecular weight is 311 g/mol. The number of ether oxygens (including phenoxy) is 1. The molecule has 6 nitrogen and oxygen atoms in total. The lowest BCUT2D eigenvalue weighted by molar-refractivity contribution is -0.137. The van der Waals surface area contributed by atoms with Crippen LogP contribution in [0.5, 0.6) is 5.88 Å². The van der Waals surface area contributed by atoms with Gasteiger partial charge < -0.3 is 4.74 Å². The fourth-order valence-corrected chi connectivity index (χ4v) is 2.55. The van der Waals surface area contributed by atoms with Crippen LogP contribution in [0.1, 0.15) is 12.0 Å². The minimum Gasteiger partial charge on any atom is -0.473 e. The molecule has 1 aliphatic rings. The minimum atomic E-state index is -4.46. The molecule has 0 bridgehead atoms. The Morgan fingerprint density at radius 1 is 1.40 bits per heavy atom. The molecule has 2 rings (SSSR count). The van der Waals surface area contributed by atoms with Gasteiger partial charge in [-0.3, -0.25) is 0 Å². The maximum Gasteiger partial charge on any atom is 0.417 e. The Hall–Kier alpha value is -1.39. The first-order valence-corrected chi connectivity index (χ1v) is 7.14. The van der Waals surface area contributed by atoms with Crippen molar-refractivity contribution in [1.82, 2.24) is 9.29 Å². The van der Waals surface area contributed by atoms with Crippen LogP contribution >= 0.6 is 0 Å². The predicted molar refractivity (Wildman–Crippen MR) is 63.0 cm³/mol. The van der Waals surface area contributed by atoms with Gasteiger partial charge in [0.05, 0.1) is 12.1 Å². The molecule has 0 amide bonds. The van der Waals surface area contributed by atoms with Crippen molar-refractivity contribution >= 4 is 10.2 Å². The summed E-state index contributed by atoms with van der Waals surface area (Å²) in [6.07, 6.45) is -3.86. The van der Waals surface area contributed by atoms with Crippen LogP contribution in [0.25, 0.3) is 0 Å². The van der Waals surface area contributed by atoms with E-state index in [1.165, 1.54) is 0 Å². The zero-order valence-corrected chi connectivity index (χ0v) is 11.0. The highest BCUT2D eigenvalue weighted by atomic mass is 32.2. The van der Waals surface area contributed by atoms with E-state index < -0.39 is 28.1 Å². The fourth-order valence-electron chi connectivity index (χ4n) is 1.81. The Morgan fingerprint density at radius 2 is 2.10 bits per heavy atom. The number of hydrogen-bond acceptors (Lipinski definition) is 4. The first-order chi connectivity index (χ1) is 9.16. The van der Waals surface area contributed by atoms with E-state index in [9.17, 15) is 21.6 Å². The highest BCUT2D eigenvalue weighted by Gasteiger charge is 2.32. The van der Waals surface area contributed by atoms with Gasteiger partial charge in [-0.1, -0.05) is 0 Å². The van der Waals surface area contributed by atoms with Gasteiger partial charge >= 0.3 is 6.18 Å². The molecule has 112 valence electrons. The molecule has 1 atom stereocenters. The first kappa shape index (κ1) is 15.0. The van der Waals surface area contributed by atoms with Gasteiger partial charge in [-0.15, -0.1) is 0 Å². The zero-order chi connectivity index (χ0) is 15.0. The summed E-state index contributed by atoms with van der Waals surface area (Å²) in [4.78, 5) is 3.55. The average Bonchev–Trinajstić information content (AvgIpc) is 2.77. The van der Waals surface area contributed by atoms with Gasteiger partial charge in [0, 0.05) is 18.8 Å². The number of pyridine rings is 1. The van der Waals surface area contributed by atoms with Crippen molar-refractivity contribution in [2.45, 2.75) is 18.7 Å². The van der Waals surface area contributed by atoms with E-state index >= 15 is 0 Å². The highest BCUT2D eigenvalue weighted by molar-refractivity contribution is 7.86. The summed E-state index contributed by atoms with van der Waals surface area (Å²) in [5.41, 5.74) is -0.873. The van der Waals surface area contributed by atoms with Gasteiger partial charge in [-0.2, -0.15) is 25.9 Å². The number of nitrogens with zero attached hydrogens (tertiary/aromatic N) is 2. The van der Waals surface area contributed by atoms with E-state index in [2.05, 4.69) is 4.98 Å². The van der Waals surface area contributed by atoms with Crippen molar-refractivity contribution in [3.05, 3.63) is 23.9 Å². The molecule has 0 unspecified atom stereocenters. The topological polar surface area (TPSA) is 85.5 Å². The van der Waals surface area contributed by atoms with Crippen LogP contribution < -0.4 is 9.88 Å². The van der Waals surface area contributed by atoms with E-state index in [0.717, 1.165) is 16.4 Å². The summed E-state index contributed by atoms with van der Waals surface area (Å²) in [7, 11) is -3.77. The number of hydrogen-bond donors (Lipinski definition) is 1. The monoisotopic (exact) mass is 311 g/mol. The summed E-state index contributed by atoms with van der Waals surface area (Å²) < 4.78 is 65.6. The summed E-state index contributed by atoms with van der Waals surface area (Å²) in [5.74, 6) is 0.0132. The number of rotatable bonds is 3. The summed E-state index contributed by atoms with van der Waals surface area (Å²) in [5, 5.41) is 4.97. The minimum absolute atomic E-state index is 0.0132. The lowest BCUT2D eigenvalue weighted by atomic mass is 10.3. The van der Waals surface area contributed by atoms with Crippen LogP contribution in [-0.4, -0.2) is 36.9 Å². The quantitative estimate of drug-likeness (QED) is 0.893. The van der Waals surface area contributed by atoms with Crippen molar-refractivity contribution in [2.75, 3.05) is 13.1 Å². The number of halogens is 3. The van der Waals surface area contributed by atoms with Crippen LogP contribution in [0.3, 0.4) is 0 Å². The van der Waals surface area contributed by atoms with E-state index in [4.69, 9.17) is 9.88 Å². The fraction of sp³-hybridized carbons (Fsp3) is 0.500. The smallest absolute Gasteiger partial charge is 0.417 e. The van der Waals surface area contributed by atoms with Gasteiger partial charge in [0.15, 0.2) is 0 Å². The lowest BCUT2D eigenvalue weighted by Crippen LogP contribution is -2.36. The molecule has 0 radical (unpaired) electrons. The van der Waals surface area contributed by atoms with Crippen molar-refractivity contribution < 1.29 is 26.3 Å². The zero-order valence-electron chi connectivity index (χ0n) is 10.2. The Kier molecular flexibility index (Phi) is 3.89. The van der Waals surface area contributed by atoms with Crippen molar-refractivity contribution in [3.8, 4) is 5.88 Å². The van der Waals surface area contributed by atoms with Crippen molar-refractivity contribution in [1.29, 1.82) is 0 Å². The standard InChI is InChI=1S/C10H12F3N3O3S/c11-10(12,13)7-1-2-9(15-5-7)19-8-3-4-16(6-8)20(14,17)18/h1-2,5,8H,3-4,6H2,(H2,14,17,18)/t8-/m0/s1. The van der Waals surface area contributed by atoms with Crippen LogP contribution in [-0.2, 0) is 16.4 Å². The second-order valence-electron chi connectivity index (χ2n) is 4.31. The third kappa shape index (κ3) is 3.58. The van der Waals surface area contributed by atoms with Crippen molar-refractivity contribution in [3.63, 3.8) is 0 Å². The van der Waals surface area contributed by atoms with Gasteiger partial charge in [0.1, 0.15) is 6.10 Å². The first-order valence-electron chi connectivity index (χ1n) is 5.64. The Balaban J connectivity index is 1.99. The molecule has 1 fully saturated rings. The molecular weight excluding hydrogens is 299 g/mol. The molecule has 10 heteroatoms. The maximum atomic E-state index is 12.3. The van der Waals surface area contributed by atoms with Gasteiger partial charge in [0.25, 0.3) is 10.2 Å². The molecule has 0 spiro atoms. The molecule has 0 aromatic carbocycles. The van der Waals surface area contributed by atoms with E-state index in [1.54, 1.807) is 0 Å². The molecule has 1 aliphatic heterocycles.